The van der Waals surface area contributed by atoms with Crippen LogP contribution in [0.2, 0.25) is 0 Å². The fourth-order valence-electron chi connectivity index (χ4n) is 0.824. The Morgan fingerprint density at radius 3 is 2.43 bits per heavy atom. The van der Waals surface area contributed by atoms with E-state index in [4.69, 9.17) is 5.26 Å². The summed E-state index contributed by atoms with van der Waals surface area (Å²) in [5.41, 5.74) is 0. The van der Waals surface area contributed by atoms with Crippen molar-refractivity contribution in [2.45, 2.75) is 4.90 Å². The second-order valence-electron chi connectivity index (χ2n) is 2.44. The minimum atomic E-state index is -3.53. The number of benzene rings is 1. The molecule has 0 saturated carbocycles. The Hall–Kier alpha value is -0.900. The van der Waals surface area contributed by atoms with Gasteiger partial charge in [-0.2, -0.15) is 9.98 Å². The highest BCUT2D eigenvalue weighted by Crippen LogP contribution is 2.14. The maximum absolute atomic E-state index is 11.4. The number of nitrogens with zero attached hydrogens (tertiary/aromatic N) is 1. The molecular formula is C8H7BrN2O2S. The second-order valence-corrected chi connectivity index (χ2v) is 5.12. The second kappa shape index (κ2) is 4.55. The molecule has 6 heteroatoms. The summed E-state index contributed by atoms with van der Waals surface area (Å²) < 4.78 is 25.8. The van der Waals surface area contributed by atoms with Crippen molar-refractivity contribution in [1.82, 2.24) is 4.72 Å². The van der Waals surface area contributed by atoms with Crippen molar-refractivity contribution in [3.05, 3.63) is 28.7 Å². The SMILES string of the molecule is N#CCNS(=O)(=O)c1ccc(Br)cc1. The van der Waals surface area contributed by atoms with Crippen LogP contribution in [-0.2, 0) is 10.0 Å². The van der Waals surface area contributed by atoms with Gasteiger partial charge in [0.1, 0.15) is 0 Å². The maximum atomic E-state index is 11.4. The van der Waals surface area contributed by atoms with Crippen LogP contribution in [0.3, 0.4) is 0 Å². The first-order valence-corrected chi connectivity index (χ1v) is 5.96. The first kappa shape index (κ1) is 11.2. The van der Waals surface area contributed by atoms with Gasteiger partial charge >= 0.3 is 0 Å². The fourth-order valence-corrected chi connectivity index (χ4v) is 2.00. The molecule has 1 aromatic carbocycles. The van der Waals surface area contributed by atoms with Gasteiger partial charge in [-0.05, 0) is 24.3 Å². The first-order chi connectivity index (χ1) is 6.56. The Balaban J connectivity index is 2.94. The van der Waals surface area contributed by atoms with Gasteiger partial charge in [0.15, 0.2) is 0 Å². The molecule has 0 unspecified atom stereocenters. The summed E-state index contributed by atoms with van der Waals surface area (Å²) in [6.07, 6.45) is 0. The highest BCUT2D eigenvalue weighted by atomic mass is 79.9. The molecule has 0 heterocycles. The van der Waals surface area contributed by atoms with E-state index in [1.165, 1.54) is 12.1 Å². The van der Waals surface area contributed by atoms with Crippen molar-refractivity contribution in [2.24, 2.45) is 0 Å². The molecule has 1 aromatic rings. The van der Waals surface area contributed by atoms with E-state index in [2.05, 4.69) is 20.7 Å². The van der Waals surface area contributed by atoms with Crippen LogP contribution < -0.4 is 4.72 Å². The topological polar surface area (TPSA) is 70.0 Å². The minimum absolute atomic E-state index is 0.149. The minimum Gasteiger partial charge on any atom is -0.207 e. The summed E-state index contributed by atoms with van der Waals surface area (Å²) in [5.74, 6) is 0. The molecule has 4 nitrogen and oxygen atoms in total. The van der Waals surface area contributed by atoms with Crippen LogP contribution in [-0.4, -0.2) is 15.0 Å². The van der Waals surface area contributed by atoms with Gasteiger partial charge in [-0.15, -0.1) is 0 Å². The van der Waals surface area contributed by atoms with Crippen LogP contribution in [0.25, 0.3) is 0 Å². The average Bonchev–Trinajstić information content (AvgIpc) is 2.16. The van der Waals surface area contributed by atoms with E-state index in [0.29, 0.717) is 0 Å². The summed E-state index contributed by atoms with van der Waals surface area (Å²) >= 11 is 3.20. The molecule has 0 aliphatic carbocycles. The monoisotopic (exact) mass is 274 g/mol. The van der Waals surface area contributed by atoms with E-state index < -0.39 is 10.0 Å². The lowest BCUT2D eigenvalue weighted by Crippen LogP contribution is -2.23. The zero-order valence-corrected chi connectivity index (χ0v) is 9.47. The normalized spacial score (nSPS) is 10.9. The zero-order valence-electron chi connectivity index (χ0n) is 7.07. The molecule has 0 atom stereocenters. The molecule has 0 fully saturated rings. The van der Waals surface area contributed by atoms with E-state index in [1.54, 1.807) is 18.2 Å². The number of sulfonamides is 1. The molecule has 0 bridgehead atoms. The molecule has 0 saturated heterocycles. The third-order valence-corrected chi connectivity index (χ3v) is 3.41. The summed E-state index contributed by atoms with van der Waals surface area (Å²) in [4.78, 5) is 0.149. The molecule has 0 amide bonds. The number of nitrogens with one attached hydrogen (secondary N) is 1. The largest absolute Gasteiger partial charge is 0.241 e. The maximum Gasteiger partial charge on any atom is 0.241 e. The fraction of sp³-hybridized carbons (Fsp3) is 0.125. The first-order valence-electron chi connectivity index (χ1n) is 3.68. The quantitative estimate of drug-likeness (QED) is 0.844. The number of rotatable bonds is 3. The lowest BCUT2D eigenvalue weighted by molar-refractivity contribution is 0.586. The number of nitriles is 1. The van der Waals surface area contributed by atoms with Gasteiger partial charge in [0.05, 0.1) is 17.5 Å². The Kier molecular flexibility index (Phi) is 3.63. The van der Waals surface area contributed by atoms with Crippen LogP contribution in [0.4, 0.5) is 0 Å². The molecule has 1 rings (SSSR count). The highest BCUT2D eigenvalue weighted by molar-refractivity contribution is 9.10. The summed E-state index contributed by atoms with van der Waals surface area (Å²) in [5, 5.41) is 8.24. The summed E-state index contributed by atoms with van der Waals surface area (Å²) in [6, 6.07) is 7.88. The molecule has 74 valence electrons. The van der Waals surface area contributed by atoms with E-state index in [-0.39, 0.29) is 11.4 Å². The molecular weight excluding hydrogens is 268 g/mol. The van der Waals surface area contributed by atoms with E-state index >= 15 is 0 Å². The number of halogens is 1. The molecule has 0 aliphatic heterocycles. The molecule has 0 aromatic heterocycles. The van der Waals surface area contributed by atoms with Crippen LogP contribution in [0.1, 0.15) is 0 Å². The summed E-state index contributed by atoms with van der Waals surface area (Å²) in [6.45, 7) is -0.224. The zero-order chi connectivity index (χ0) is 10.6. The van der Waals surface area contributed by atoms with Gasteiger partial charge in [0.2, 0.25) is 10.0 Å². The van der Waals surface area contributed by atoms with Gasteiger partial charge in [-0.3, -0.25) is 0 Å². The van der Waals surface area contributed by atoms with E-state index in [9.17, 15) is 8.42 Å². The van der Waals surface area contributed by atoms with Crippen molar-refractivity contribution in [2.75, 3.05) is 6.54 Å². The van der Waals surface area contributed by atoms with Crippen molar-refractivity contribution in [3.63, 3.8) is 0 Å². The van der Waals surface area contributed by atoms with Gasteiger partial charge in [-0.25, -0.2) is 8.42 Å². The molecule has 0 radical (unpaired) electrons. The predicted octanol–water partition coefficient (Wildman–Crippen LogP) is 1.25. The van der Waals surface area contributed by atoms with Crippen LogP contribution in [0, 0.1) is 11.3 Å². The van der Waals surface area contributed by atoms with Gasteiger partial charge in [-0.1, -0.05) is 15.9 Å². The van der Waals surface area contributed by atoms with E-state index in [1.807, 2.05) is 0 Å². The van der Waals surface area contributed by atoms with Crippen LogP contribution in [0.15, 0.2) is 33.6 Å². The van der Waals surface area contributed by atoms with Crippen molar-refractivity contribution in [1.29, 1.82) is 5.26 Å². The molecule has 14 heavy (non-hydrogen) atoms. The Bertz CT molecular complexity index is 447. The van der Waals surface area contributed by atoms with Gasteiger partial charge in [0.25, 0.3) is 0 Å². The Morgan fingerprint density at radius 1 is 1.36 bits per heavy atom. The Morgan fingerprint density at radius 2 is 1.93 bits per heavy atom. The average molecular weight is 275 g/mol. The highest BCUT2D eigenvalue weighted by Gasteiger charge is 2.11. The molecule has 0 aliphatic rings. The number of hydrogen-bond acceptors (Lipinski definition) is 3. The molecule has 1 N–H and O–H groups in total. The van der Waals surface area contributed by atoms with Crippen LogP contribution in [0.5, 0.6) is 0 Å². The standard InChI is InChI=1S/C8H7BrN2O2S/c9-7-1-3-8(4-2-7)14(12,13)11-6-5-10/h1-4,11H,6H2. The van der Waals surface area contributed by atoms with Gasteiger partial charge in [0, 0.05) is 4.47 Å². The van der Waals surface area contributed by atoms with Crippen molar-refractivity contribution < 1.29 is 8.42 Å². The van der Waals surface area contributed by atoms with E-state index in [0.717, 1.165) is 4.47 Å². The van der Waals surface area contributed by atoms with Crippen molar-refractivity contribution in [3.8, 4) is 6.07 Å². The lowest BCUT2D eigenvalue weighted by atomic mass is 10.4. The third kappa shape index (κ3) is 2.80. The predicted molar refractivity (Wildman–Crippen MR) is 54.9 cm³/mol. The van der Waals surface area contributed by atoms with Crippen molar-refractivity contribution >= 4 is 26.0 Å². The lowest BCUT2D eigenvalue weighted by Gasteiger charge is -2.02. The van der Waals surface area contributed by atoms with Gasteiger partial charge < -0.3 is 0 Å². The smallest absolute Gasteiger partial charge is 0.207 e. The number of hydrogen-bond donors (Lipinski definition) is 1. The Labute approximate surface area is 90.7 Å². The van der Waals surface area contributed by atoms with Crippen LogP contribution >= 0.6 is 15.9 Å². The summed E-state index contributed by atoms with van der Waals surface area (Å²) in [7, 11) is -3.53. The third-order valence-electron chi connectivity index (χ3n) is 1.47. The molecule has 0 spiro atoms.